The average molecular weight is 258 g/mol. The van der Waals surface area contributed by atoms with Crippen molar-refractivity contribution in [2.24, 2.45) is 5.92 Å². The number of benzene rings is 1. The molecule has 0 aliphatic heterocycles. The Bertz CT molecular complexity index is 367. The number of ether oxygens (including phenoxy) is 2. The van der Waals surface area contributed by atoms with Crippen LogP contribution in [0.5, 0.6) is 5.75 Å². The number of hydrogen-bond acceptors (Lipinski definition) is 3. The van der Waals surface area contributed by atoms with Gasteiger partial charge in [0.25, 0.3) is 0 Å². The number of nitrogen functional groups attached to an aromatic ring is 1. The van der Waals surface area contributed by atoms with Crippen LogP contribution in [0, 0.1) is 12.8 Å². The van der Waals surface area contributed by atoms with E-state index in [4.69, 9.17) is 26.8 Å². The van der Waals surface area contributed by atoms with Gasteiger partial charge in [0.2, 0.25) is 0 Å². The van der Waals surface area contributed by atoms with E-state index in [0.717, 1.165) is 17.9 Å². The summed E-state index contributed by atoms with van der Waals surface area (Å²) in [5, 5.41) is 0.522. The van der Waals surface area contributed by atoms with Gasteiger partial charge in [0.1, 0.15) is 12.4 Å². The third-order valence-corrected chi connectivity index (χ3v) is 2.56. The van der Waals surface area contributed by atoms with Crippen LogP contribution >= 0.6 is 11.6 Å². The van der Waals surface area contributed by atoms with E-state index in [9.17, 15) is 0 Å². The van der Waals surface area contributed by atoms with Gasteiger partial charge in [0.15, 0.2) is 0 Å². The molecular weight excluding hydrogens is 238 g/mol. The fourth-order valence-corrected chi connectivity index (χ4v) is 1.52. The molecule has 0 atom stereocenters. The summed E-state index contributed by atoms with van der Waals surface area (Å²) in [5.74, 6) is 1.31. The van der Waals surface area contributed by atoms with Gasteiger partial charge in [-0.1, -0.05) is 25.4 Å². The summed E-state index contributed by atoms with van der Waals surface area (Å²) in [6.07, 6.45) is 0. The number of nitrogens with two attached hydrogens (primary N) is 1. The molecule has 2 N–H and O–H groups in total. The Morgan fingerprint density at radius 2 is 2.00 bits per heavy atom. The molecule has 0 unspecified atom stereocenters. The highest BCUT2D eigenvalue weighted by atomic mass is 35.5. The van der Waals surface area contributed by atoms with Gasteiger partial charge in [-0.15, -0.1) is 0 Å². The van der Waals surface area contributed by atoms with E-state index in [0.29, 0.717) is 29.8 Å². The number of rotatable bonds is 6. The van der Waals surface area contributed by atoms with Crippen LogP contribution in [0.4, 0.5) is 5.69 Å². The maximum Gasteiger partial charge on any atom is 0.123 e. The molecule has 0 amide bonds. The smallest absolute Gasteiger partial charge is 0.123 e. The Kier molecular flexibility index (Phi) is 5.59. The van der Waals surface area contributed by atoms with Crippen molar-refractivity contribution in [3.63, 3.8) is 0 Å². The van der Waals surface area contributed by atoms with E-state index in [-0.39, 0.29) is 0 Å². The molecule has 0 heterocycles. The standard InChI is InChI=1S/C13H20ClNO2/c1-9(2)8-16-4-5-17-13-7-11(14)12(15)6-10(13)3/h6-7,9H,4-5,8,15H2,1-3H3. The van der Waals surface area contributed by atoms with Crippen LogP contribution in [-0.2, 0) is 4.74 Å². The summed E-state index contributed by atoms with van der Waals surface area (Å²) >= 11 is 5.93. The molecule has 0 aliphatic carbocycles. The first-order valence-corrected chi connectivity index (χ1v) is 6.14. The first-order valence-electron chi connectivity index (χ1n) is 5.77. The third-order valence-electron chi connectivity index (χ3n) is 2.23. The summed E-state index contributed by atoms with van der Waals surface area (Å²) in [6, 6.07) is 3.56. The number of halogens is 1. The molecule has 17 heavy (non-hydrogen) atoms. The fourth-order valence-electron chi connectivity index (χ4n) is 1.37. The molecule has 1 aromatic carbocycles. The monoisotopic (exact) mass is 257 g/mol. The molecule has 0 fully saturated rings. The van der Waals surface area contributed by atoms with E-state index in [1.165, 1.54) is 0 Å². The van der Waals surface area contributed by atoms with Gasteiger partial charge in [-0.2, -0.15) is 0 Å². The van der Waals surface area contributed by atoms with E-state index in [1.54, 1.807) is 6.07 Å². The van der Waals surface area contributed by atoms with E-state index in [1.807, 2.05) is 13.0 Å². The zero-order chi connectivity index (χ0) is 12.8. The third kappa shape index (κ3) is 4.84. The Morgan fingerprint density at radius 1 is 1.29 bits per heavy atom. The highest BCUT2D eigenvalue weighted by Gasteiger charge is 2.04. The van der Waals surface area contributed by atoms with Crippen molar-refractivity contribution in [2.45, 2.75) is 20.8 Å². The topological polar surface area (TPSA) is 44.5 Å². The number of aryl methyl sites for hydroxylation is 1. The normalized spacial score (nSPS) is 10.9. The minimum Gasteiger partial charge on any atom is -0.491 e. The second-order valence-electron chi connectivity index (χ2n) is 4.46. The summed E-state index contributed by atoms with van der Waals surface area (Å²) in [6.45, 7) is 8.03. The predicted molar refractivity (Wildman–Crippen MR) is 71.8 cm³/mol. The molecule has 3 nitrogen and oxygen atoms in total. The Hall–Kier alpha value is -0.930. The van der Waals surface area contributed by atoms with Gasteiger partial charge >= 0.3 is 0 Å². The molecule has 0 aromatic heterocycles. The average Bonchev–Trinajstić information content (AvgIpc) is 2.24. The second-order valence-corrected chi connectivity index (χ2v) is 4.86. The molecule has 1 aromatic rings. The Balaban J connectivity index is 2.39. The summed E-state index contributed by atoms with van der Waals surface area (Å²) in [4.78, 5) is 0. The first-order chi connectivity index (χ1) is 8.00. The minimum absolute atomic E-state index is 0.522. The van der Waals surface area contributed by atoms with Crippen LogP contribution in [-0.4, -0.2) is 19.8 Å². The Labute approximate surface area is 108 Å². The van der Waals surface area contributed by atoms with Crippen molar-refractivity contribution < 1.29 is 9.47 Å². The van der Waals surface area contributed by atoms with E-state index < -0.39 is 0 Å². The van der Waals surface area contributed by atoms with Gasteiger partial charge in [-0.05, 0) is 24.5 Å². The first kappa shape index (κ1) is 14.1. The number of anilines is 1. The molecule has 4 heteroatoms. The summed E-state index contributed by atoms with van der Waals surface area (Å²) in [7, 11) is 0. The highest BCUT2D eigenvalue weighted by molar-refractivity contribution is 6.33. The van der Waals surface area contributed by atoms with Crippen LogP contribution in [0.2, 0.25) is 5.02 Å². The molecule has 0 bridgehead atoms. The SMILES string of the molecule is Cc1cc(N)c(Cl)cc1OCCOCC(C)C. The minimum atomic E-state index is 0.522. The lowest BCUT2D eigenvalue weighted by Crippen LogP contribution is -2.10. The van der Waals surface area contributed by atoms with Crippen LogP contribution in [0.15, 0.2) is 12.1 Å². The zero-order valence-corrected chi connectivity index (χ0v) is 11.4. The molecule has 1 rings (SSSR count). The van der Waals surface area contributed by atoms with Crippen molar-refractivity contribution in [2.75, 3.05) is 25.6 Å². The molecule has 0 radical (unpaired) electrons. The predicted octanol–water partition coefficient (Wildman–Crippen LogP) is 3.28. The summed E-state index contributed by atoms with van der Waals surface area (Å²) < 4.78 is 11.0. The van der Waals surface area contributed by atoms with E-state index >= 15 is 0 Å². The quantitative estimate of drug-likeness (QED) is 0.628. The van der Waals surface area contributed by atoms with Crippen molar-refractivity contribution in [3.8, 4) is 5.75 Å². The zero-order valence-electron chi connectivity index (χ0n) is 10.6. The van der Waals surface area contributed by atoms with Crippen molar-refractivity contribution in [3.05, 3.63) is 22.7 Å². The molecule has 96 valence electrons. The van der Waals surface area contributed by atoms with Gasteiger partial charge in [0.05, 0.1) is 17.3 Å². The van der Waals surface area contributed by atoms with Crippen LogP contribution in [0.1, 0.15) is 19.4 Å². The highest BCUT2D eigenvalue weighted by Crippen LogP contribution is 2.28. The summed E-state index contributed by atoms with van der Waals surface area (Å²) in [5.41, 5.74) is 7.25. The lowest BCUT2D eigenvalue weighted by molar-refractivity contribution is 0.0817. The second kappa shape index (κ2) is 6.72. The number of hydrogen-bond donors (Lipinski definition) is 1. The molecule has 0 saturated heterocycles. The van der Waals surface area contributed by atoms with Crippen molar-refractivity contribution in [1.29, 1.82) is 0 Å². The van der Waals surface area contributed by atoms with Gasteiger partial charge < -0.3 is 15.2 Å². The van der Waals surface area contributed by atoms with Gasteiger partial charge in [0, 0.05) is 12.7 Å². The fraction of sp³-hybridized carbons (Fsp3) is 0.538. The molecule has 0 saturated carbocycles. The lowest BCUT2D eigenvalue weighted by atomic mass is 10.2. The largest absolute Gasteiger partial charge is 0.491 e. The molecule has 0 aliphatic rings. The molecule has 0 spiro atoms. The van der Waals surface area contributed by atoms with E-state index in [2.05, 4.69) is 13.8 Å². The lowest BCUT2D eigenvalue weighted by Gasteiger charge is -2.11. The van der Waals surface area contributed by atoms with Crippen LogP contribution in [0.25, 0.3) is 0 Å². The maximum atomic E-state index is 5.93. The van der Waals surface area contributed by atoms with Crippen LogP contribution < -0.4 is 10.5 Å². The Morgan fingerprint density at radius 3 is 2.65 bits per heavy atom. The van der Waals surface area contributed by atoms with Crippen molar-refractivity contribution in [1.82, 2.24) is 0 Å². The van der Waals surface area contributed by atoms with Crippen LogP contribution in [0.3, 0.4) is 0 Å². The van der Waals surface area contributed by atoms with Crippen molar-refractivity contribution >= 4 is 17.3 Å². The van der Waals surface area contributed by atoms with Gasteiger partial charge in [-0.3, -0.25) is 0 Å². The maximum absolute atomic E-state index is 5.93. The van der Waals surface area contributed by atoms with Gasteiger partial charge in [-0.25, -0.2) is 0 Å². The molecular formula is C13H20ClNO2.